The molecule has 0 saturated heterocycles. The van der Waals surface area contributed by atoms with Crippen molar-refractivity contribution in [3.63, 3.8) is 0 Å². The molecule has 0 fully saturated rings. The lowest BCUT2D eigenvalue weighted by atomic mass is 9.98. The molecule has 0 aromatic heterocycles. The third kappa shape index (κ3) is 5.21. The molecule has 0 aliphatic heterocycles. The zero-order valence-electron chi connectivity index (χ0n) is 14.1. The van der Waals surface area contributed by atoms with E-state index in [4.69, 9.17) is 0 Å². The summed E-state index contributed by atoms with van der Waals surface area (Å²) in [5.41, 5.74) is 3.49. The number of amides is 2. The fourth-order valence-electron chi connectivity index (χ4n) is 2.46. The highest BCUT2D eigenvalue weighted by atomic mass is 16.2. The molecule has 2 amide bonds. The smallest absolute Gasteiger partial charge is 0.275 e. The number of quaternary nitrogens is 1. The number of aryl methyl sites for hydroxylation is 1. The number of rotatable bonds is 7. The third-order valence-corrected chi connectivity index (χ3v) is 3.86. The maximum atomic E-state index is 12.0. The summed E-state index contributed by atoms with van der Waals surface area (Å²) in [4.78, 5) is 23.2. The van der Waals surface area contributed by atoms with E-state index in [2.05, 4.69) is 54.0 Å². The van der Waals surface area contributed by atoms with Crippen LogP contribution in [0.4, 0.5) is 0 Å². The normalized spacial score (nSPS) is 11.6. The summed E-state index contributed by atoms with van der Waals surface area (Å²) in [6.07, 6.45) is 0. The second kappa shape index (κ2) is 8.84. The van der Waals surface area contributed by atoms with E-state index < -0.39 is 0 Å². The van der Waals surface area contributed by atoms with Gasteiger partial charge in [-0.1, -0.05) is 60.2 Å². The van der Waals surface area contributed by atoms with Crippen molar-refractivity contribution < 1.29 is 14.9 Å². The molecule has 0 spiro atoms. The molecule has 126 valence electrons. The van der Waals surface area contributed by atoms with Crippen LogP contribution in [-0.2, 0) is 9.59 Å². The molecule has 2 aromatic rings. The monoisotopic (exact) mass is 326 g/mol. The molecule has 2 rings (SSSR count). The van der Waals surface area contributed by atoms with Crippen molar-refractivity contribution >= 4 is 11.8 Å². The molecule has 0 heterocycles. The van der Waals surface area contributed by atoms with Gasteiger partial charge in [0.25, 0.3) is 5.91 Å². The highest BCUT2D eigenvalue weighted by Gasteiger charge is 2.18. The molecule has 0 saturated carbocycles. The lowest BCUT2D eigenvalue weighted by Gasteiger charge is -2.16. The van der Waals surface area contributed by atoms with Crippen LogP contribution in [0.15, 0.2) is 54.6 Å². The summed E-state index contributed by atoms with van der Waals surface area (Å²) < 4.78 is 0. The Bertz CT molecular complexity index is 669. The average molecular weight is 326 g/mol. The molecule has 0 unspecified atom stereocenters. The summed E-state index contributed by atoms with van der Waals surface area (Å²) in [5.74, 6) is -0.367. The molecule has 4 N–H and O–H groups in total. The topological polar surface area (TPSA) is 74.8 Å². The Morgan fingerprint density at radius 1 is 0.958 bits per heavy atom. The molecule has 24 heavy (non-hydrogen) atoms. The molecule has 0 aliphatic rings. The van der Waals surface area contributed by atoms with E-state index in [-0.39, 0.29) is 30.9 Å². The van der Waals surface area contributed by atoms with Gasteiger partial charge in [-0.25, -0.2) is 0 Å². The fourth-order valence-corrected chi connectivity index (χ4v) is 2.46. The SMILES string of the molecule is CNC(=O)CNC(=O)C[NH2+][C@@H](c1ccccc1)c1ccc(C)cc1. The molecule has 2 aromatic carbocycles. The van der Waals surface area contributed by atoms with Gasteiger partial charge in [-0.2, -0.15) is 0 Å². The Morgan fingerprint density at radius 2 is 1.58 bits per heavy atom. The summed E-state index contributed by atoms with van der Waals surface area (Å²) in [6, 6.07) is 18.5. The van der Waals surface area contributed by atoms with Gasteiger partial charge < -0.3 is 16.0 Å². The number of carbonyl (C=O) groups is 2. The third-order valence-electron chi connectivity index (χ3n) is 3.86. The number of benzene rings is 2. The molecule has 0 bridgehead atoms. The standard InChI is InChI=1S/C19H23N3O2/c1-14-8-10-16(11-9-14)19(15-6-4-3-5-7-15)22-13-18(24)21-12-17(23)20-2/h3-11,19,22H,12-13H2,1-2H3,(H,20,23)(H,21,24)/p+1/t19-/m0/s1. The second-order valence-corrected chi connectivity index (χ2v) is 5.69. The number of likely N-dealkylation sites (N-methyl/N-ethyl adjacent to an activating group) is 1. The maximum absolute atomic E-state index is 12.0. The van der Waals surface area contributed by atoms with Gasteiger partial charge in [0.1, 0.15) is 6.04 Å². The Morgan fingerprint density at radius 3 is 2.21 bits per heavy atom. The largest absolute Gasteiger partial charge is 0.358 e. The number of hydrogen-bond donors (Lipinski definition) is 3. The van der Waals surface area contributed by atoms with E-state index in [0.29, 0.717) is 0 Å². The molecule has 5 nitrogen and oxygen atoms in total. The minimum Gasteiger partial charge on any atom is -0.358 e. The van der Waals surface area contributed by atoms with Crippen LogP contribution in [0.25, 0.3) is 0 Å². The van der Waals surface area contributed by atoms with E-state index >= 15 is 0 Å². The summed E-state index contributed by atoms with van der Waals surface area (Å²) in [7, 11) is 1.55. The van der Waals surface area contributed by atoms with Crippen LogP contribution < -0.4 is 16.0 Å². The molecule has 5 heteroatoms. The van der Waals surface area contributed by atoms with Gasteiger partial charge in [-0.05, 0) is 6.92 Å². The van der Waals surface area contributed by atoms with Crippen LogP contribution in [-0.4, -0.2) is 32.0 Å². The quantitative estimate of drug-likeness (QED) is 0.693. The molecule has 0 radical (unpaired) electrons. The number of carbonyl (C=O) groups excluding carboxylic acids is 2. The average Bonchev–Trinajstić information content (AvgIpc) is 2.62. The number of hydrogen-bond acceptors (Lipinski definition) is 2. The van der Waals surface area contributed by atoms with E-state index in [9.17, 15) is 9.59 Å². The maximum Gasteiger partial charge on any atom is 0.275 e. The van der Waals surface area contributed by atoms with E-state index in [1.807, 2.05) is 23.5 Å². The van der Waals surface area contributed by atoms with Crippen LogP contribution in [0.1, 0.15) is 22.7 Å². The zero-order valence-corrected chi connectivity index (χ0v) is 14.1. The predicted molar refractivity (Wildman–Crippen MR) is 93.3 cm³/mol. The van der Waals surface area contributed by atoms with Crippen molar-refractivity contribution in [1.29, 1.82) is 0 Å². The van der Waals surface area contributed by atoms with Crippen LogP contribution in [0, 0.1) is 6.92 Å². The van der Waals surface area contributed by atoms with Crippen molar-refractivity contribution in [2.24, 2.45) is 0 Å². The first kappa shape index (κ1) is 17.7. The minimum atomic E-state index is -0.207. The molecular formula is C19H24N3O2+. The van der Waals surface area contributed by atoms with Crippen molar-refractivity contribution in [2.45, 2.75) is 13.0 Å². The van der Waals surface area contributed by atoms with Crippen molar-refractivity contribution in [1.82, 2.24) is 10.6 Å². The number of nitrogens with two attached hydrogens (primary N) is 1. The number of nitrogens with one attached hydrogen (secondary N) is 2. The van der Waals surface area contributed by atoms with Gasteiger partial charge in [0.2, 0.25) is 5.91 Å². The lowest BCUT2D eigenvalue weighted by molar-refractivity contribution is -0.676. The lowest BCUT2D eigenvalue weighted by Crippen LogP contribution is -2.87. The predicted octanol–water partition coefficient (Wildman–Crippen LogP) is 0.510. The summed E-state index contributed by atoms with van der Waals surface area (Å²) in [5, 5.41) is 7.08. The minimum absolute atomic E-state index is 0.00368. The molecule has 0 aliphatic carbocycles. The highest BCUT2D eigenvalue weighted by Crippen LogP contribution is 2.18. The Hall–Kier alpha value is -2.66. The van der Waals surface area contributed by atoms with Crippen LogP contribution in [0.3, 0.4) is 0 Å². The van der Waals surface area contributed by atoms with Gasteiger partial charge in [-0.3, -0.25) is 9.59 Å². The van der Waals surface area contributed by atoms with Gasteiger partial charge in [-0.15, -0.1) is 0 Å². The molecular weight excluding hydrogens is 302 g/mol. The van der Waals surface area contributed by atoms with Crippen LogP contribution >= 0.6 is 0 Å². The Kier molecular flexibility index (Phi) is 6.51. The first-order valence-electron chi connectivity index (χ1n) is 8.02. The zero-order chi connectivity index (χ0) is 17.4. The van der Waals surface area contributed by atoms with E-state index in [1.54, 1.807) is 7.05 Å². The second-order valence-electron chi connectivity index (χ2n) is 5.69. The van der Waals surface area contributed by atoms with Crippen LogP contribution in [0.2, 0.25) is 0 Å². The fraction of sp³-hybridized carbons (Fsp3) is 0.263. The van der Waals surface area contributed by atoms with Gasteiger partial charge in [0, 0.05) is 18.2 Å². The van der Waals surface area contributed by atoms with Crippen molar-refractivity contribution in [2.75, 3.05) is 20.1 Å². The van der Waals surface area contributed by atoms with Gasteiger partial charge >= 0.3 is 0 Å². The van der Waals surface area contributed by atoms with Gasteiger partial charge in [0.05, 0.1) is 6.54 Å². The molecule has 1 atom stereocenters. The summed E-state index contributed by atoms with van der Waals surface area (Å²) >= 11 is 0. The Labute approximate surface area is 142 Å². The van der Waals surface area contributed by atoms with Crippen molar-refractivity contribution in [3.05, 3.63) is 71.3 Å². The first-order chi connectivity index (χ1) is 11.6. The highest BCUT2D eigenvalue weighted by molar-refractivity contribution is 5.84. The van der Waals surface area contributed by atoms with Gasteiger partial charge in [0.15, 0.2) is 6.54 Å². The Balaban J connectivity index is 2.05. The summed E-state index contributed by atoms with van der Waals surface area (Å²) in [6.45, 7) is 2.31. The van der Waals surface area contributed by atoms with Crippen LogP contribution in [0.5, 0.6) is 0 Å². The van der Waals surface area contributed by atoms with E-state index in [0.717, 1.165) is 11.1 Å². The van der Waals surface area contributed by atoms with E-state index in [1.165, 1.54) is 5.56 Å². The first-order valence-corrected chi connectivity index (χ1v) is 8.02. The van der Waals surface area contributed by atoms with Crippen molar-refractivity contribution in [3.8, 4) is 0 Å².